The van der Waals surface area contributed by atoms with Crippen molar-refractivity contribution in [3.8, 4) is 0 Å². The first-order chi connectivity index (χ1) is 15.7. The zero-order chi connectivity index (χ0) is 22.3. The van der Waals surface area contributed by atoms with E-state index in [2.05, 4.69) is 103 Å². The van der Waals surface area contributed by atoms with Gasteiger partial charge in [-0.15, -0.1) is 24.8 Å². The molecule has 0 bridgehead atoms. The van der Waals surface area contributed by atoms with E-state index in [9.17, 15) is 5.11 Å². The van der Waals surface area contributed by atoms with Gasteiger partial charge < -0.3 is 14.9 Å². The summed E-state index contributed by atoms with van der Waals surface area (Å²) in [5, 5.41) is 9.59. The number of likely N-dealkylation sites (N-methyl/N-ethyl adjacent to an activating group) is 1. The first-order valence-electron chi connectivity index (χ1n) is 11.7. The minimum absolute atomic E-state index is 0. The summed E-state index contributed by atoms with van der Waals surface area (Å²) >= 11 is 0. The first kappa shape index (κ1) is 27.9. The minimum Gasteiger partial charge on any atom is -0.396 e. The van der Waals surface area contributed by atoms with Gasteiger partial charge >= 0.3 is 0 Å². The van der Waals surface area contributed by atoms with Crippen molar-refractivity contribution in [2.45, 2.75) is 19.8 Å². The van der Waals surface area contributed by atoms with Gasteiger partial charge in [-0.1, -0.05) is 72.3 Å². The number of aliphatic hydroxyl groups is 1. The van der Waals surface area contributed by atoms with Crippen molar-refractivity contribution in [1.82, 2.24) is 4.90 Å². The lowest BCUT2D eigenvalue weighted by Gasteiger charge is -2.34. The number of hydrogen-bond donors (Lipinski definition) is 1. The molecule has 3 nitrogen and oxygen atoms in total. The van der Waals surface area contributed by atoms with Gasteiger partial charge in [-0.25, -0.2) is 0 Å². The Labute approximate surface area is 216 Å². The van der Waals surface area contributed by atoms with Gasteiger partial charge in [-0.2, -0.15) is 0 Å². The van der Waals surface area contributed by atoms with Gasteiger partial charge in [0.25, 0.3) is 0 Å². The van der Waals surface area contributed by atoms with Crippen LogP contribution in [0, 0.1) is 6.92 Å². The summed E-state index contributed by atoms with van der Waals surface area (Å²) in [5.41, 5.74) is 8.77. The molecule has 34 heavy (non-hydrogen) atoms. The number of rotatable bonds is 7. The van der Waals surface area contributed by atoms with Gasteiger partial charge in [0.05, 0.1) is 0 Å². The Morgan fingerprint density at radius 1 is 0.735 bits per heavy atom. The van der Waals surface area contributed by atoms with Crippen molar-refractivity contribution >= 4 is 41.6 Å². The number of hydrogen-bond acceptors (Lipinski definition) is 3. The monoisotopic (exact) mass is 498 g/mol. The van der Waals surface area contributed by atoms with Crippen molar-refractivity contribution in [3.05, 3.63) is 101 Å². The van der Waals surface area contributed by atoms with E-state index in [-0.39, 0.29) is 31.4 Å². The predicted molar refractivity (Wildman–Crippen MR) is 151 cm³/mol. The van der Waals surface area contributed by atoms with Crippen molar-refractivity contribution in [1.29, 1.82) is 0 Å². The summed E-state index contributed by atoms with van der Waals surface area (Å²) in [6.45, 7) is 6.68. The molecule has 4 rings (SSSR count). The largest absolute Gasteiger partial charge is 0.396 e. The fourth-order valence-corrected chi connectivity index (χ4v) is 4.45. The minimum atomic E-state index is 0. The number of anilines is 1. The fraction of sp³-hybridized carbons (Fsp3) is 0.310. The van der Waals surface area contributed by atoms with Crippen molar-refractivity contribution in [2.24, 2.45) is 0 Å². The van der Waals surface area contributed by atoms with Crippen molar-refractivity contribution < 1.29 is 5.11 Å². The third-order valence-corrected chi connectivity index (χ3v) is 6.37. The van der Waals surface area contributed by atoms with Crippen LogP contribution in [0.25, 0.3) is 11.1 Å². The lowest BCUT2D eigenvalue weighted by molar-refractivity contribution is 0.290. The second kappa shape index (κ2) is 13.6. The summed E-state index contributed by atoms with van der Waals surface area (Å²) < 4.78 is 0. The third-order valence-electron chi connectivity index (χ3n) is 6.37. The normalized spacial score (nSPS) is 14.6. The molecule has 182 valence electrons. The standard InChI is InChI=1S/C29H34N2O.2ClH/c1-23-10-12-25(13-11-23)29(28(9-6-22-32)24-7-4-3-5-8-24)26-14-16-27(17-15-26)31-20-18-30(2)19-21-31;;/h3-5,7-8,10-17,32H,6,9,18-22H2,1-2H3;2*1H/b29-28-;;. The molecular weight excluding hydrogens is 463 g/mol. The Bertz CT molecular complexity index is 1030. The first-order valence-corrected chi connectivity index (χ1v) is 11.7. The van der Waals surface area contributed by atoms with E-state index in [0.29, 0.717) is 0 Å². The molecule has 0 aromatic heterocycles. The van der Waals surface area contributed by atoms with Crippen LogP contribution in [0.5, 0.6) is 0 Å². The molecule has 0 amide bonds. The second-order valence-corrected chi connectivity index (χ2v) is 8.75. The van der Waals surface area contributed by atoms with Gasteiger partial charge in [0.2, 0.25) is 0 Å². The van der Waals surface area contributed by atoms with Gasteiger partial charge in [0, 0.05) is 38.5 Å². The average Bonchev–Trinajstić information content (AvgIpc) is 2.84. The molecule has 1 N–H and O–H groups in total. The Kier molecular flexibility index (Phi) is 11.1. The molecule has 0 aliphatic carbocycles. The molecule has 1 saturated heterocycles. The Morgan fingerprint density at radius 3 is 1.85 bits per heavy atom. The van der Waals surface area contributed by atoms with Crippen LogP contribution in [0.3, 0.4) is 0 Å². The number of benzene rings is 3. The number of piperazine rings is 1. The van der Waals surface area contributed by atoms with E-state index < -0.39 is 0 Å². The molecule has 0 radical (unpaired) electrons. The highest BCUT2D eigenvalue weighted by Crippen LogP contribution is 2.36. The number of halogens is 2. The molecule has 5 heteroatoms. The Balaban J connectivity index is 0.00000204. The van der Waals surface area contributed by atoms with Crippen LogP contribution in [-0.2, 0) is 0 Å². The lowest BCUT2D eigenvalue weighted by Crippen LogP contribution is -2.44. The molecule has 0 unspecified atom stereocenters. The molecule has 0 saturated carbocycles. The average molecular weight is 500 g/mol. The Hall–Kier alpha value is -2.30. The molecule has 1 heterocycles. The molecule has 1 fully saturated rings. The van der Waals surface area contributed by atoms with E-state index in [1.54, 1.807) is 0 Å². The maximum absolute atomic E-state index is 9.59. The lowest BCUT2D eigenvalue weighted by atomic mass is 9.87. The zero-order valence-electron chi connectivity index (χ0n) is 20.1. The van der Waals surface area contributed by atoms with Crippen molar-refractivity contribution in [2.75, 3.05) is 44.7 Å². The molecule has 1 aliphatic heterocycles. The van der Waals surface area contributed by atoms with Gasteiger partial charge in [0.15, 0.2) is 0 Å². The smallest absolute Gasteiger partial charge is 0.0434 e. The quantitative estimate of drug-likeness (QED) is 0.386. The van der Waals surface area contributed by atoms with E-state index in [4.69, 9.17) is 0 Å². The molecule has 3 aromatic rings. The van der Waals surface area contributed by atoms with Crippen LogP contribution in [0.4, 0.5) is 5.69 Å². The van der Waals surface area contributed by atoms with Gasteiger partial charge in [-0.3, -0.25) is 0 Å². The fourth-order valence-electron chi connectivity index (χ4n) is 4.45. The maximum atomic E-state index is 9.59. The van der Waals surface area contributed by atoms with Crippen LogP contribution >= 0.6 is 24.8 Å². The van der Waals surface area contributed by atoms with E-state index in [1.807, 2.05) is 0 Å². The highest BCUT2D eigenvalue weighted by molar-refractivity contribution is 5.98. The van der Waals surface area contributed by atoms with Gasteiger partial charge in [0.1, 0.15) is 0 Å². The van der Waals surface area contributed by atoms with E-state index >= 15 is 0 Å². The predicted octanol–water partition coefficient (Wildman–Crippen LogP) is 6.32. The van der Waals surface area contributed by atoms with Crippen LogP contribution in [0.2, 0.25) is 0 Å². The van der Waals surface area contributed by atoms with Crippen LogP contribution in [0.1, 0.15) is 35.1 Å². The van der Waals surface area contributed by atoms with Crippen LogP contribution in [-0.4, -0.2) is 49.8 Å². The highest BCUT2D eigenvalue weighted by Gasteiger charge is 2.17. The summed E-state index contributed by atoms with van der Waals surface area (Å²) in [4.78, 5) is 4.86. The molecule has 0 atom stereocenters. The van der Waals surface area contributed by atoms with E-state index in [1.165, 1.54) is 39.1 Å². The SMILES string of the molecule is Cc1ccc(/C(=C(\CCCO)c2ccccc2)c2ccc(N3CCN(C)CC3)cc2)cc1.Cl.Cl. The molecule has 0 spiro atoms. The second-order valence-electron chi connectivity index (χ2n) is 8.75. The van der Waals surface area contributed by atoms with Crippen LogP contribution < -0.4 is 4.90 Å². The molecular formula is C29H36Cl2N2O. The summed E-state index contributed by atoms with van der Waals surface area (Å²) in [5.74, 6) is 0. The maximum Gasteiger partial charge on any atom is 0.0434 e. The number of nitrogens with zero attached hydrogens (tertiary/aromatic N) is 2. The summed E-state index contributed by atoms with van der Waals surface area (Å²) in [6.07, 6.45) is 1.59. The molecule has 1 aliphatic rings. The topological polar surface area (TPSA) is 26.7 Å². The van der Waals surface area contributed by atoms with E-state index in [0.717, 1.165) is 39.0 Å². The van der Waals surface area contributed by atoms with Gasteiger partial charge in [-0.05, 0) is 66.8 Å². The Morgan fingerprint density at radius 2 is 1.29 bits per heavy atom. The number of aryl methyl sites for hydroxylation is 1. The number of allylic oxidation sites excluding steroid dienone is 1. The highest BCUT2D eigenvalue weighted by atomic mass is 35.5. The number of aliphatic hydroxyl groups excluding tert-OH is 1. The molecule has 3 aromatic carbocycles. The van der Waals surface area contributed by atoms with Crippen LogP contribution in [0.15, 0.2) is 78.9 Å². The third kappa shape index (κ3) is 6.86. The van der Waals surface area contributed by atoms with Crippen molar-refractivity contribution in [3.63, 3.8) is 0 Å². The zero-order valence-corrected chi connectivity index (χ0v) is 21.7. The summed E-state index contributed by atoms with van der Waals surface area (Å²) in [6, 6.07) is 28.5. The summed E-state index contributed by atoms with van der Waals surface area (Å²) in [7, 11) is 2.19.